The molecule has 1 atom stereocenters. The van der Waals surface area contributed by atoms with Crippen molar-refractivity contribution in [1.82, 2.24) is 0 Å². The van der Waals surface area contributed by atoms with Crippen LogP contribution in [0.1, 0.15) is 24.0 Å². The number of ether oxygens (including phenoxy) is 1. The van der Waals surface area contributed by atoms with E-state index in [1.54, 1.807) is 0 Å². The first-order valence-corrected chi connectivity index (χ1v) is 8.61. The number of hydrogen-bond acceptors (Lipinski definition) is 2. The fraction of sp³-hybridized carbons (Fsp3) is 0.294. The van der Waals surface area contributed by atoms with Crippen molar-refractivity contribution in [1.29, 1.82) is 0 Å². The Bertz CT molecular complexity index is 675. The molecule has 2 aromatic rings. The molecule has 1 fully saturated rings. The van der Waals surface area contributed by atoms with Crippen LogP contribution in [0.4, 0.5) is 0 Å². The van der Waals surface area contributed by atoms with Gasteiger partial charge >= 0.3 is 0 Å². The summed E-state index contributed by atoms with van der Waals surface area (Å²) in [7, 11) is 0. The summed E-state index contributed by atoms with van der Waals surface area (Å²) in [5.74, 6) is 0. The summed E-state index contributed by atoms with van der Waals surface area (Å²) in [6.07, 6.45) is 0.990. The third-order valence-corrected chi connectivity index (χ3v) is 5.43. The molecule has 0 amide bonds. The van der Waals surface area contributed by atoms with Crippen LogP contribution in [-0.4, -0.2) is 17.8 Å². The van der Waals surface area contributed by atoms with Gasteiger partial charge in [0.25, 0.3) is 0 Å². The molecular formula is C17H14Br2O2. The Morgan fingerprint density at radius 1 is 1.00 bits per heavy atom. The lowest BCUT2D eigenvalue weighted by molar-refractivity contribution is -0.0961. The summed E-state index contributed by atoms with van der Waals surface area (Å²) in [6.45, 7) is 0.582. The third-order valence-electron chi connectivity index (χ3n) is 4.45. The van der Waals surface area contributed by atoms with Gasteiger partial charge in [0.05, 0.1) is 12.7 Å². The van der Waals surface area contributed by atoms with Crippen LogP contribution < -0.4 is 0 Å². The van der Waals surface area contributed by atoms with E-state index in [1.165, 1.54) is 11.1 Å². The standard InChI is InChI=1S/C17H14Br2O2/c18-10-1-3-13-14-4-2-11(19)8-16(14)17(15(13)7-10)9-12(20)5-6-21-17/h1-4,7-8,12,20H,5-6,9H2/t12-/m1/s1. The van der Waals surface area contributed by atoms with Crippen LogP contribution in [-0.2, 0) is 10.3 Å². The minimum Gasteiger partial charge on any atom is -0.393 e. The maximum absolute atomic E-state index is 10.2. The second-order valence-electron chi connectivity index (χ2n) is 5.70. The van der Waals surface area contributed by atoms with E-state index in [-0.39, 0.29) is 6.10 Å². The summed E-state index contributed by atoms with van der Waals surface area (Å²) in [5, 5.41) is 10.2. The van der Waals surface area contributed by atoms with Crippen LogP contribution in [0.25, 0.3) is 11.1 Å². The van der Waals surface area contributed by atoms with Gasteiger partial charge in [-0.05, 0) is 52.9 Å². The molecule has 1 N–H and O–H groups in total. The first-order valence-electron chi connectivity index (χ1n) is 7.03. The number of fused-ring (bicyclic) bond motifs is 5. The predicted octanol–water partition coefficient (Wildman–Crippen LogP) is 4.61. The highest BCUT2D eigenvalue weighted by atomic mass is 79.9. The molecule has 2 nitrogen and oxygen atoms in total. The van der Waals surface area contributed by atoms with Gasteiger partial charge < -0.3 is 9.84 Å². The fourth-order valence-corrected chi connectivity index (χ4v) is 4.28. The molecule has 0 unspecified atom stereocenters. The monoisotopic (exact) mass is 408 g/mol. The van der Waals surface area contributed by atoms with Crippen molar-refractivity contribution in [2.75, 3.05) is 6.61 Å². The van der Waals surface area contributed by atoms with E-state index >= 15 is 0 Å². The number of halogens is 2. The van der Waals surface area contributed by atoms with Crippen molar-refractivity contribution in [2.45, 2.75) is 24.5 Å². The average Bonchev–Trinajstić information content (AvgIpc) is 2.69. The minimum absolute atomic E-state index is 0.324. The Balaban J connectivity index is 2.02. The summed E-state index contributed by atoms with van der Waals surface area (Å²) >= 11 is 7.12. The lowest BCUT2D eigenvalue weighted by atomic mass is 9.83. The largest absolute Gasteiger partial charge is 0.393 e. The molecule has 1 saturated heterocycles. The maximum Gasteiger partial charge on any atom is 0.122 e. The lowest BCUT2D eigenvalue weighted by Gasteiger charge is -2.38. The first kappa shape index (κ1) is 13.9. The number of hydrogen-bond donors (Lipinski definition) is 1. The van der Waals surface area contributed by atoms with Crippen LogP contribution in [0.5, 0.6) is 0 Å². The molecule has 1 heterocycles. The summed E-state index contributed by atoms with van der Waals surface area (Å²) in [5.41, 5.74) is 4.20. The van der Waals surface area contributed by atoms with Crippen molar-refractivity contribution in [3.8, 4) is 11.1 Å². The molecule has 0 aromatic heterocycles. The van der Waals surface area contributed by atoms with Crippen LogP contribution in [0.2, 0.25) is 0 Å². The average molecular weight is 410 g/mol. The molecule has 1 spiro atoms. The lowest BCUT2D eigenvalue weighted by Crippen LogP contribution is -2.39. The van der Waals surface area contributed by atoms with E-state index in [0.717, 1.165) is 20.1 Å². The van der Waals surface area contributed by atoms with Gasteiger partial charge in [0.1, 0.15) is 5.60 Å². The molecule has 0 bridgehead atoms. The molecule has 4 heteroatoms. The zero-order valence-corrected chi connectivity index (χ0v) is 14.4. The third kappa shape index (κ3) is 2.04. The normalized spacial score (nSPS) is 22.1. The predicted molar refractivity (Wildman–Crippen MR) is 89.3 cm³/mol. The first-order chi connectivity index (χ1) is 10.1. The van der Waals surface area contributed by atoms with Gasteiger partial charge in [-0.3, -0.25) is 0 Å². The molecule has 21 heavy (non-hydrogen) atoms. The second-order valence-corrected chi connectivity index (χ2v) is 7.53. The van der Waals surface area contributed by atoms with Crippen LogP contribution in [0, 0.1) is 0 Å². The molecule has 0 saturated carbocycles. The van der Waals surface area contributed by atoms with Gasteiger partial charge in [0.15, 0.2) is 0 Å². The van der Waals surface area contributed by atoms with Gasteiger partial charge in [-0.15, -0.1) is 0 Å². The SMILES string of the molecule is O[C@@H]1CCOC2(C1)c1cc(Br)ccc1-c1ccc(Br)cc12. The van der Waals surface area contributed by atoms with Gasteiger partial charge in [-0.2, -0.15) is 0 Å². The Kier molecular flexibility index (Phi) is 3.26. The van der Waals surface area contributed by atoms with E-state index in [1.807, 2.05) is 0 Å². The fourth-order valence-electron chi connectivity index (χ4n) is 3.55. The second kappa shape index (κ2) is 4.92. The quantitative estimate of drug-likeness (QED) is 0.688. The molecule has 0 radical (unpaired) electrons. The molecule has 1 aliphatic heterocycles. The van der Waals surface area contributed by atoms with Crippen molar-refractivity contribution in [3.63, 3.8) is 0 Å². The summed E-state index contributed by atoms with van der Waals surface area (Å²) in [6, 6.07) is 12.6. The topological polar surface area (TPSA) is 29.5 Å². The van der Waals surface area contributed by atoms with Gasteiger partial charge in [-0.1, -0.05) is 44.0 Å². The zero-order valence-electron chi connectivity index (χ0n) is 11.3. The highest BCUT2D eigenvalue weighted by molar-refractivity contribution is 9.10. The highest BCUT2D eigenvalue weighted by Crippen LogP contribution is 2.54. The molecule has 1 aliphatic carbocycles. The molecule has 2 aliphatic rings. The van der Waals surface area contributed by atoms with E-state index < -0.39 is 5.60 Å². The molecule has 2 aromatic carbocycles. The number of benzene rings is 2. The van der Waals surface area contributed by atoms with E-state index in [4.69, 9.17) is 4.74 Å². The highest BCUT2D eigenvalue weighted by Gasteiger charge is 2.47. The maximum atomic E-state index is 10.2. The van der Waals surface area contributed by atoms with Gasteiger partial charge in [0.2, 0.25) is 0 Å². The van der Waals surface area contributed by atoms with Crippen molar-refractivity contribution >= 4 is 31.9 Å². The van der Waals surface area contributed by atoms with E-state index in [0.29, 0.717) is 19.4 Å². The Morgan fingerprint density at radius 2 is 1.57 bits per heavy atom. The number of rotatable bonds is 0. The van der Waals surface area contributed by atoms with E-state index in [2.05, 4.69) is 68.3 Å². The summed E-state index contributed by atoms with van der Waals surface area (Å²) < 4.78 is 8.33. The van der Waals surface area contributed by atoms with Gasteiger partial charge in [-0.25, -0.2) is 0 Å². The van der Waals surface area contributed by atoms with Crippen LogP contribution in [0.15, 0.2) is 45.3 Å². The Hall–Kier alpha value is -0.680. The number of aliphatic hydroxyl groups is 1. The number of aliphatic hydroxyl groups excluding tert-OH is 1. The smallest absolute Gasteiger partial charge is 0.122 e. The minimum atomic E-state index is -0.518. The summed E-state index contributed by atoms with van der Waals surface area (Å²) in [4.78, 5) is 0. The van der Waals surface area contributed by atoms with Crippen LogP contribution in [0.3, 0.4) is 0 Å². The zero-order chi connectivity index (χ0) is 14.6. The molecule has 4 rings (SSSR count). The molecular weight excluding hydrogens is 396 g/mol. The molecule has 108 valence electrons. The van der Waals surface area contributed by atoms with Crippen molar-refractivity contribution < 1.29 is 9.84 Å². The van der Waals surface area contributed by atoms with Crippen LogP contribution >= 0.6 is 31.9 Å². The Labute approximate surface area is 140 Å². The van der Waals surface area contributed by atoms with Crippen molar-refractivity contribution in [3.05, 3.63) is 56.5 Å². The van der Waals surface area contributed by atoms with E-state index in [9.17, 15) is 5.11 Å². The Morgan fingerprint density at radius 3 is 2.10 bits per heavy atom. The van der Waals surface area contributed by atoms with Gasteiger partial charge in [0, 0.05) is 15.4 Å². The van der Waals surface area contributed by atoms with Crippen molar-refractivity contribution in [2.24, 2.45) is 0 Å².